The van der Waals surface area contributed by atoms with Crippen molar-refractivity contribution in [1.82, 2.24) is 14.5 Å². The van der Waals surface area contributed by atoms with Gasteiger partial charge in [-0.05, 0) is 29.5 Å². The maximum absolute atomic E-state index is 13.0. The van der Waals surface area contributed by atoms with Gasteiger partial charge < -0.3 is 0 Å². The number of aromatic nitrogens is 2. The predicted octanol–water partition coefficient (Wildman–Crippen LogP) is 4.38. The van der Waals surface area contributed by atoms with E-state index in [0.29, 0.717) is 5.13 Å². The van der Waals surface area contributed by atoms with Crippen molar-refractivity contribution in [2.24, 2.45) is 0 Å². The number of carbonyl (C=O) groups is 1. The van der Waals surface area contributed by atoms with Crippen molar-refractivity contribution in [2.45, 2.75) is 22.7 Å². The number of nitrogens with zero attached hydrogens (tertiary/aromatic N) is 3. The van der Waals surface area contributed by atoms with E-state index in [1.807, 2.05) is 37.3 Å². The van der Waals surface area contributed by atoms with Crippen LogP contribution in [0.25, 0.3) is 0 Å². The number of rotatable bonds is 8. The Labute approximate surface area is 188 Å². The fraction of sp³-hybridized carbons (Fsp3) is 0.211. The van der Waals surface area contributed by atoms with Gasteiger partial charge in [-0.3, -0.25) is 10.1 Å². The van der Waals surface area contributed by atoms with Crippen LogP contribution in [0.3, 0.4) is 0 Å². The van der Waals surface area contributed by atoms with Gasteiger partial charge in [0.05, 0.1) is 15.5 Å². The Balaban J connectivity index is 1.81. The Morgan fingerprint density at radius 1 is 1.20 bits per heavy atom. The van der Waals surface area contributed by atoms with Crippen LogP contribution in [-0.2, 0) is 16.6 Å². The summed E-state index contributed by atoms with van der Waals surface area (Å²) in [5, 5.41) is 11.0. The lowest BCUT2D eigenvalue weighted by Crippen LogP contribution is -2.27. The summed E-state index contributed by atoms with van der Waals surface area (Å²) in [5.74, 6) is 0.289. The van der Waals surface area contributed by atoms with Gasteiger partial charge in [0.1, 0.15) is 0 Å². The molecule has 0 aliphatic heterocycles. The van der Waals surface area contributed by atoms with Gasteiger partial charge in [0.25, 0.3) is 5.91 Å². The molecule has 11 heteroatoms. The molecule has 1 aromatic heterocycles. The lowest BCUT2D eigenvalue weighted by Gasteiger charge is -2.18. The fourth-order valence-electron chi connectivity index (χ4n) is 2.55. The van der Waals surface area contributed by atoms with Crippen LogP contribution in [0.1, 0.15) is 22.8 Å². The molecule has 0 saturated heterocycles. The molecule has 0 fully saturated rings. The average Bonchev–Trinajstić information content (AvgIpc) is 3.16. The molecule has 2 aromatic carbocycles. The molecule has 0 unspecified atom stereocenters. The number of halogens is 1. The van der Waals surface area contributed by atoms with Crippen molar-refractivity contribution >= 4 is 55.8 Å². The minimum absolute atomic E-state index is 0.0185. The van der Waals surface area contributed by atoms with Gasteiger partial charge in [-0.15, -0.1) is 10.2 Å². The monoisotopic (exact) mass is 482 g/mol. The van der Waals surface area contributed by atoms with Crippen LogP contribution in [0, 0.1) is 0 Å². The van der Waals surface area contributed by atoms with Crippen molar-refractivity contribution in [2.75, 3.05) is 18.1 Å². The largest absolute Gasteiger partial charge is 0.296 e. The number of amides is 1. The Morgan fingerprint density at radius 3 is 2.63 bits per heavy atom. The molecule has 30 heavy (non-hydrogen) atoms. The number of thioether (sulfide) groups is 1. The van der Waals surface area contributed by atoms with Gasteiger partial charge >= 0.3 is 0 Å². The van der Waals surface area contributed by atoms with Crippen LogP contribution in [0.5, 0.6) is 0 Å². The molecule has 1 amide bonds. The standard InChI is InChI=1S/C19H19ClN4O3S3/c1-3-28-19-23-22-18(29-19)21-17(25)15-11-14(9-10-16(15)20)30(26,27)24(2)12-13-7-5-4-6-8-13/h4-11H,3,12H2,1-2H3,(H,21,22,25). The van der Waals surface area contributed by atoms with E-state index < -0.39 is 15.9 Å². The summed E-state index contributed by atoms with van der Waals surface area (Å²) in [6.45, 7) is 2.20. The Morgan fingerprint density at radius 2 is 1.93 bits per heavy atom. The molecule has 1 N–H and O–H groups in total. The summed E-state index contributed by atoms with van der Waals surface area (Å²) >= 11 is 8.92. The molecule has 0 aliphatic carbocycles. The Hall–Kier alpha value is -1.98. The second kappa shape index (κ2) is 9.88. The number of nitrogens with one attached hydrogen (secondary N) is 1. The molecule has 0 spiro atoms. The summed E-state index contributed by atoms with van der Waals surface area (Å²) in [6.07, 6.45) is 0. The van der Waals surface area contributed by atoms with E-state index in [9.17, 15) is 13.2 Å². The van der Waals surface area contributed by atoms with Crippen molar-refractivity contribution in [3.8, 4) is 0 Å². The van der Waals surface area contributed by atoms with Crippen molar-refractivity contribution in [1.29, 1.82) is 0 Å². The first kappa shape index (κ1) is 22.7. The molecule has 0 atom stereocenters. The molecule has 0 radical (unpaired) electrons. The first-order chi connectivity index (χ1) is 14.3. The van der Waals surface area contributed by atoms with Crippen LogP contribution < -0.4 is 5.32 Å². The smallest absolute Gasteiger partial charge is 0.259 e. The third-order valence-electron chi connectivity index (χ3n) is 4.03. The van der Waals surface area contributed by atoms with Crippen LogP contribution in [0.4, 0.5) is 5.13 Å². The molecular formula is C19H19ClN4O3S3. The molecule has 3 rings (SSSR count). The summed E-state index contributed by atoms with van der Waals surface area (Å²) in [4.78, 5) is 12.7. The Bertz CT molecular complexity index is 1140. The highest BCUT2D eigenvalue weighted by Gasteiger charge is 2.24. The molecule has 0 aliphatic rings. The molecule has 0 saturated carbocycles. The number of sulfonamides is 1. The number of hydrogen-bond donors (Lipinski definition) is 1. The molecular weight excluding hydrogens is 464 g/mol. The zero-order valence-corrected chi connectivity index (χ0v) is 19.4. The Kier molecular flexibility index (Phi) is 7.48. The summed E-state index contributed by atoms with van der Waals surface area (Å²) in [6, 6.07) is 13.3. The molecule has 1 heterocycles. The summed E-state index contributed by atoms with van der Waals surface area (Å²) in [5.41, 5.74) is 0.901. The SMILES string of the molecule is CCSc1nnc(NC(=O)c2cc(S(=O)(=O)N(C)Cc3ccccc3)ccc2Cl)s1. The highest BCUT2D eigenvalue weighted by molar-refractivity contribution is 8.01. The normalized spacial score (nSPS) is 11.6. The average molecular weight is 483 g/mol. The first-order valence-corrected chi connectivity index (χ1v) is 12.5. The van der Waals surface area contributed by atoms with E-state index in [4.69, 9.17) is 11.6 Å². The third-order valence-corrected chi connectivity index (χ3v) is 8.02. The predicted molar refractivity (Wildman–Crippen MR) is 121 cm³/mol. The highest BCUT2D eigenvalue weighted by Crippen LogP contribution is 2.27. The summed E-state index contributed by atoms with van der Waals surface area (Å²) in [7, 11) is -2.33. The number of anilines is 1. The lowest BCUT2D eigenvalue weighted by molar-refractivity contribution is 0.102. The van der Waals surface area contributed by atoms with Gasteiger partial charge in [0.2, 0.25) is 15.2 Å². The van der Waals surface area contributed by atoms with Crippen LogP contribution >= 0.6 is 34.7 Å². The third kappa shape index (κ3) is 5.38. The van der Waals surface area contributed by atoms with Crippen molar-refractivity contribution in [3.05, 3.63) is 64.7 Å². The number of carbonyl (C=O) groups excluding carboxylic acids is 1. The van der Waals surface area contributed by atoms with Crippen LogP contribution in [0.15, 0.2) is 57.8 Å². The van der Waals surface area contributed by atoms with E-state index in [1.165, 1.54) is 52.7 Å². The zero-order valence-electron chi connectivity index (χ0n) is 16.2. The molecule has 7 nitrogen and oxygen atoms in total. The highest BCUT2D eigenvalue weighted by atomic mass is 35.5. The van der Waals surface area contributed by atoms with Gasteiger partial charge in [-0.25, -0.2) is 8.42 Å². The second-order valence-electron chi connectivity index (χ2n) is 6.15. The zero-order chi connectivity index (χ0) is 21.7. The van der Waals surface area contributed by atoms with Crippen molar-refractivity contribution in [3.63, 3.8) is 0 Å². The van der Waals surface area contributed by atoms with E-state index in [-0.39, 0.29) is 22.0 Å². The van der Waals surface area contributed by atoms with E-state index in [1.54, 1.807) is 0 Å². The van der Waals surface area contributed by atoms with Gasteiger partial charge in [-0.2, -0.15) is 4.31 Å². The minimum Gasteiger partial charge on any atom is -0.296 e. The van der Waals surface area contributed by atoms with E-state index in [2.05, 4.69) is 15.5 Å². The van der Waals surface area contributed by atoms with Gasteiger partial charge in [0, 0.05) is 13.6 Å². The molecule has 158 valence electrons. The van der Waals surface area contributed by atoms with E-state index >= 15 is 0 Å². The van der Waals surface area contributed by atoms with Gasteiger partial charge in [0.15, 0.2) is 4.34 Å². The molecule has 0 bridgehead atoms. The topological polar surface area (TPSA) is 92.3 Å². The quantitative estimate of drug-likeness (QED) is 0.378. The number of benzene rings is 2. The second-order valence-corrected chi connectivity index (χ2v) is 11.1. The maximum Gasteiger partial charge on any atom is 0.259 e. The molecule has 3 aromatic rings. The number of hydrogen-bond acceptors (Lipinski definition) is 7. The van der Waals surface area contributed by atoms with Crippen LogP contribution in [-0.4, -0.2) is 41.6 Å². The minimum atomic E-state index is -3.82. The van der Waals surface area contributed by atoms with Crippen molar-refractivity contribution < 1.29 is 13.2 Å². The first-order valence-electron chi connectivity index (χ1n) is 8.88. The lowest BCUT2D eigenvalue weighted by atomic mass is 10.2. The fourth-order valence-corrected chi connectivity index (χ4v) is 5.58. The maximum atomic E-state index is 13.0. The van der Waals surface area contributed by atoms with Gasteiger partial charge in [-0.1, -0.05) is 72.0 Å². The van der Waals surface area contributed by atoms with E-state index in [0.717, 1.165) is 15.7 Å². The van der Waals surface area contributed by atoms with Crippen LogP contribution in [0.2, 0.25) is 5.02 Å². The summed E-state index contributed by atoms with van der Waals surface area (Å²) < 4.78 is 27.9.